The van der Waals surface area contributed by atoms with Crippen LogP contribution in [0.1, 0.15) is 11.7 Å². The number of benzene rings is 2. The number of hydrogen-bond donors (Lipinski definition) is 2. The first-order chi connectivity index (χ1) is 10.6. The summed E-state index contributed by atoms with van der Waals surface area (Å²) in [4.78, 5) is 23.6. The Morgan fingerprint density at radius 2 is 1.68 bits per heavy atom. The van der Waals surface area contributed by atoms with Crippen LogP contribution in [0.4, 0.5) is 4.79 Å². The van der Waals surface area contributed by atoms with E-state index in [9.17, 15) is 9.59 Å². The molecule has 0 spiro atoms. The summed E-state index contributed by atoms with van der Waals surface area (Å²) in [5, 5.41) is 4.92. The summed E-state index contributed by atoms with van der Waals surface area (Å²) in [6, 6.07) is 15.1. The third-order valence-electron chi connectivity index (χ3n) is 2.89. The molecule has 1 atom stereocenters. The average molecular weight is 319 g/mol. The minimum Gasteiger partial charge on any atom is -0.474 e. The van der Waals surface area contributed by atoms with Gasteiger partial charge in [-0.3, -0.25) is 10.1 Å². The van der Waals surface area contributed by atoms with Crippen LogP contribution in [-0.4, -0.2) is 19.0 Å². The van der Waals surface area contributed by atoms with E-state index in [0.29, 0.717) is 16.3 Å². The summed E-state index contributed by atoms with van der Waals surface area (Å²) in [6.45, 7) is 0. The Kier molecular flexibility index (Phi) is 5.38. The molecule has 22 heavy (non-hydrogen) atoms. The van der Waals surface area contributed by atoms with Crippen molar-refractivity contribution in [2.75, 3.05) is 7.05 Å². The van der Waals surface area contributed by atoms with Gasteiger partial charge in [0.15, 0.2) is 0 Å². The summed E-state index contributed by atoms with van der Waals surface area (Å²) in [6.07, 6.45) is -0.988. The molecule has 2 aromatic rings. The first-order valence-electron chi connectivity index (χ1n) is 6.60. The summed E-state index contributed by atoms with van der Waals surface area (Å²) in [5.74, 6) is -0.212. The SMILES string of the molecule is CNC(=O)NC(=O)[C@@H](Oc1ccccc1Cl)c1ccccc1. The minimum absolute atomic E-state index is 0.366. The third kappa shape index (κ3) is 3.99. The number of urea groups is 1. The van der Waals surface area contributed by atoms with E-state index in [1.165, 1.54) is 7.05 Å². The molecule has 2 N–H and O–H groups in total. The number of amides is 3. The lowest BCUT2D eigenvalue weighted by molar-refractivity contribution is -0.127. The van der Waals surface area contributed by atoms with E-state index in [0.717, 1.165) is 0 Å². The fourth-order valence-corrected chi connectivity index (χ4v) is 1.99. The van der Waals surface area contributed by atoms with Gasteiger partial charge < -0.3 is 10.1 Å². The molecule has 2 rings (SSSR count). The van der Waals surface area contributed by atoms with Crippen LogP contribution in [0.25, 0.3) is 0 Å². The minimum atomic E-state index is -0.988. The second-order valence-corrected chi connectivity index (χ2v) is 4.81. The molecule has 0 radical (unpaired) electrons. The molecule has 5 nitrogen and oxygen atoms in total. The van der Waals surface area contributed by atoms with E-state index >= 15 is 0 Å². The maximum absolute atomic E-state index is 12.3. The topological polar surface area (TPSA) is 67.4 Å². The van der Waals surface area contributed by atoms with Crippen molar-refractivity contribution < 1.29 is 14.3 Å². The highest BCUT2D eigenvalue weighted by molar-refractivity contribution is 6.32. The van der Waals surface area contributed by atoms with Gasteiger partial charge in [0, 0.05) is 12.6 Å². The van der Waals surface area contributed by atoms with Gasteiger partial charge in [-0.2, -0.15) is 0 Å². The Bertz CT molecular complexity index is 661. The molecule has 0 aromatic heterocycles. The van der Waals surface area contributed by atoms with Crippen LogP contribution in [0.3, 0.4) is 0 Å². The predicted octanol–water partition coefficient (Wildman–Crippen LogP) is 2.92. The molecule has 0 unspecified atom stereocenters. The van der Waals surface area contributed by atoms with E-state index in [-0.39, 0.29) is 0 Å². The number of carbonyl (C=O) groups excluding carboxylic acids is 2. The van der Waals surface area contributed by atoms with Crippen LogP contribution in [0.15, 0.2) is 54.6 Å². The molecule has 0 saturated heterocycles. The predicted molar refractivity (Wildman–Crippen MR) is 83.9 cm³/mol. The highest BCUT2D eigenvalue weighted by Gasteiger charge is 2.24. The van der Waals surface area contributed by atoms with Crippen LogP contribution in [0.5, 0.6) is 5.75 Å². The quantitative estimate of drug-likeness (QED) is 0.910. The molecular weight excluding hydrogens is 304 g/mol. The van der Waals surface area contributed by atoms with Gasteiger partial charge >= 0.3 is 6.03 Å². The molecule has 0 fully saturated rings. The molecule has 6 heteroatoms. The standard InChI is InChI=1S/C16H15ClN2O3/c1-18-16(21)19-15(20)14(11-7-3-2-4-8-11)22-13-10-6-5-9-12(13)17/h2-10,14H,1H3,(H2,18,19,20,21)/t14-/m0/s1. The molecule has 114 valence electrons. The van der Waals surface area contributed by atoms with Crippen molar-refractivity contribution in [1.29, 1.82) is 0 Å². The Morgan fingerprint density at radius 3 is 2.32 bits per heavy atom. The number of hydrogen-bond acceptors (Lipinski definition) is 3. The zero-order chi connectivity index (χ0) is 15.9. The van der Waals surface area contributed by atoms with Crippen LogP contribution >= 0.6 is 11.6 Å². The van der Waals surface area contributed by atoms with Gasteiger partial charge in [0.2, 0.25) is 6.10 Å². The maximum Gasteiger partial charge on any atom is 0.321 e. The Balaban J connectivity index is 2.28. The van der Waals surface area contributed by atoms with Gasteiger partial charge in [-0.05, 0) is 12.1 Å². The third-order valence-corrected chi connectivity index (χ3v) is 3.20. The van der Waals surface area contributed by atoms with Crippen LogP contribution in [0, 0.1) is 0 Å². The number of rotatable bonds is 4. The highest BCUT2D eigenvalue weighted by atomic mass is 35.5. The Morgan fingerprint density at radius 1 is 1.05 bits per heavy atom. The van der Waals surface area contributed by atoms with Gasteiger partial charge in [0.05, 0.1) is 5.02 Å². The number of para-hydroxylation sites is 1. The largest absolute Gasteiger partial charge is 0.474 e. The van der Waals surface area contributed by atoms with Crippen molar-refractivity contribution >= 4 is 23.5 Å². The lowest BCUT2D eigenvalue weighted by Gasteiger charge is -2.19. The van der Waals surface area contributed by atoms with Gasteiger partial charge in [-0.1, -0.05) is 54.1 Å². The number of halogens is 1. The van der Waals surface area contributed by atoms with Gasteiger partial charge in [-0.15, -0.1) is 0 Å². The van der Waals surface area contributed by atoms with Crippen LogP contribution in [-0.2, 0) is 4.79 Å². The van der Waals surface area contributed by atoms with Crippen molar-refractivity contribution in [3.63, 3.8) is 0 Å². The van der Waals surface area contributed by atoms with E-state index in [1.54, 1.807) is 48.5 Å². The Labute approximate surface area is 133 Å². The summed E-state index contributed by atoms with van der Waals surface area (Å²) < 4.78 is 5.71. The number of nitrogens with one attached hydrogen (secondary N) is 2. The van der Waals surface area contributed by atoms with Gasteiger partial charge in [0.25, 0.3) is 5.91 Å². The van der Waals surface area contributed by atoms with Crippen molar-refractivity contribution in [1.82, 2.24) is 10.6 Å². The van der Waals surface area contributed by atoms with E-state index in [4.69, 9.17) is 16.3 Å². The summed E-state index contributed by atoms with van der Waals surface area (Å²) >= 11 is 6.06. The summed E-state index contributed by atoms with van der Waals surface area (Å²) in [7, 11) is 1.43. The summed E-state index contributed by atoms with van der Waals surface area (Å²) in [5.41, 5.74) is 0.615. The van der Waals surface area contributed by atoms with Crippen molar-refractivity contribution in [2.24, 2.45) is 0 Å². The molecule has 0 bridgehead atoms. The van der Waals surface area contributed by atoms with Gasteiger partial charge in [-0.25, -0.2) is 4.79 Å². The second kappa shape index (κ2) is 7.47. The first-order valence-corrected chi connectivity index (χ1v) is 6.98. The monoisotopic (exact) mass is 318 g/mol. The lowest BCUT2D eigenvalue weighted by Crippen LogP contribution is -2.41. The molecule has 0 heterocycles. The highest BCUT2D eigenvalue weighted by Crippen LogP contribution is 2.28. The van der Waals surface area contributed by atoms with Crippen LogP contribution in [0.2, 0.25) is 5.02 Å². The van der Waals surface area contributed by atoms with E-state index in [2.05, 4.69) is 10.6 Å². The Hall–Kier alpha value is -2.53. The van der Waals surface area contributed by atoms with E-state index < -0.39 is 18.0 Å². The zero-order valence-electron chi connectivity index (χ0n) is 11.9. The first kappa shape index (κ1) is 15.9. The molecule has 0 aliphatic carbocycles. The molecular formula is C16H15ClN2O3. The molecule has 0 saturated carbocycles. The zero-order valence-corrected chi connectivity index (χ0v) is 12.6. The smallest absolute Gasteiger partial charge is 0.321 e. The average Bonchev–Trinajstić information content (AvgIpc) is 2.54. The van der Waals surface area contributed by atoms with Gasteiger partial charge in [0.1, 0.15) is 5.75 Å². The number of ether oxygens (including phenoxy) is 1. The second-order valence-electron chi connectivity index (χ2n) is 4.41. The lowest BCUT2D eigenvalue weighted by atomic mass is 10.1. The molecule has 2 aromatic carbocycles. The maximum atomic E-state index is 12.3. The fraction of sp³-hybridized carbons (Fsp3) is 0.125. The van der Waals surface area contributed by atoms with Crippen molar-refractivity contribution in [3.8, 4) is 5.75 Å². The normalized spacial score (nSPS) is 11.4. The van der Waals surface area contributed by atoms with Crippen LogP contribution < -0.4 is 15.4 Å². The molecule has 3 amide bonds. The molecule has 0 aliphatic rings. The molecule has 0 aliphatic heterocycles. The van der Waals surface area contributed by atoms with E-state index in [1.807, 2.05) is 6.07 Å². The van der Waals surface area contributed by atoms with Crippen molar-refractivity contribution in [2.45, 2.75) is 6.10 Å². The van der Waals surface area contributed by atoms with Crippen molar-refractivity contribution in [3.05, 3.63) is 65.2 Å². The fourth-order valence-electron chi connectivity index (χ4n) is 1.81. The number of carbonyl (C=O) groups is 2. The number of imide groups is 1.